The van der Waals surface area contributed by atoms with E-state index in [1.807, 2.05) is 30.6 Å². The maximum absolute atomic E-state index is 12.2. The number of carbonyl (C=O) groups is 1. The highest BCUT2D eigenvalue weighted by Crippen LogP contribution is 2.31. The molecular formula is C27H36N6O. The molecule has 1 aliphatic heterocycles. The average molecular weight is 461 g/mol. The number of anilines is 1. The van der Waals surface area contributed by atoms with Gasteiger partial charge in [-0.05, 0) is 62.8 Å². The van der Waals surface area contributed by atoms with Crippen molar-refractivity contribution in [1.82, 2.24) is 20.0 Å². The van der Waals surface area contributed by atoms with Gasteiger partial charge in [-0.2, -0.15) is 0 Å². The Balaban J connectivity index is 1.39. The van der Waals surface area contributed by atoms with Crippen molar-refractivity contribution < 1.29 is 4.79 Å². The van der Waals surface area contributed by atoms with Crippen molar-refractivity contribution in [3.8, 4) is 0 Å². The minimum atomic E-state index is -0.172. The largest absolute Gasteiger partial charge is 0.355 e. The second-order valence-corrected chi connectivity index (χ2v) is 8.87. The molecule has 3 aromatic heterocycles. The van der Waals surface area contributed by atoms with E-state index in [0.29, 0.717) is 11.6 Å². The second kappa shape index (κ2) is 10.7. The SMILES string of the molecule is C=C(C(=O)NC)c1cn(N(CC)CCCCCN2c3ncccc3CC2CC)c2ncccc12. The summed E-state index contributed by atoms with van der Waals surface area (Å²) in [5, 5.41) is 5.91. The number of nitrogens with one attached hydrogen (secondary N) is 1. The van der Waals surface area contributed by atoms with Gasteiger partial charge >= 0.3 is 0 Å². The monoisotopic (exact) mass is 460 g/mol. The molecule has 1 amide bonds. The Morgan fingerprint density at radius 3 is 2.74 bits per heavy atom. The lowest BCUT2D eigenvalue weighted by Gasteiger charge is -2.27. The van der Waals surface area contributed by atoms with Gasteiger partial charge in [-0.3, -0.25) is 4.79 Å². The van der Waals surface area contributed by atoms with Crippen LogP contribution in [0.25, 0.3) is 16.6 Å². The summed E-state index contributed by atoms with van der Waals surface area (Å²) in [5.74, 6) is 1.01. The van der Waals surface area contributed by atoms with Gasteiger partial charge in [0.05, 0.1) is 0 Å². The molecule has 1 aliphatic rings. The molecule has 0 radical (unpaired) electrons. The lowest BCUT2D eigenvalue weighted by molar-refractivity contribution is -0.115. The summed E-state index contributed by atoms with van der Waals surface area (Å²) < 4.78 is 2.09. The standard InChI is InChI=1S/C27H36N6O/c1-5-22-18-21-12-10-14-29-25(21)32(22)17-9-7-8-16-31(6-2)33-19-24(20(3)27(34)28-4)23-13-11-15-30-26(23)33/h10-15,19,22H,3,5-9,16-18H2,1-2,4H3,(H,28,34). The number of hydrogen-bond donors (Lipinski definition) is 1. The fourth-order valence-corrected chi connectivity index (χ4v) is 4.98. The van der Waals surface area contributed by atoms with Crippen LogP contribution in [0.1, 0.15) is 50.7 Å². The predicted molar refractivity (Wildman–Crippen MR) is 140 cm³/mol. The molecule has 4 rings (SSSR count). The van der Waals surface area contributed by atoms with Crippen LogP contribution < -0.4 is 15.2 Å². The number of hydrogen-bond acceptors (Lipinski definition) is 5. The van der Waals surface area contributed by atoms with Crippen LogP contribution in [-0.4, -0.2) is 53.3 Å². The van der Waals surface area contributed by atoms with E-state index in [-0.39, 0.29) is 5.91 Å². The quantitative estimate of drug-likeness (QED) is 0.344. The van der Waals surface area contributed by atoms with Crippen LogP contribution in [-0.2, 0) is 11.2 Å². The molecule has 4 heterocycles. The van der Waals surface area contributed by atoms with E-state index in [1.54, 1.807) is 13.2 Å². The molecule has 0 spiro atoms. The van der Waals surface area contributed by atoms with E-state index in [9.17, 15) is 4.79 Å². The van der Waals surface area contributed by atoms with Crippen LogP contribution in [0.5, 0.6) is 0 Å². The summed E-state index contributed by atoms with van der Waals surface area (Å²) in [6.07, 6.45) is 11.3. The molecule has 1 atom stereocenters. The van der Waals surface area contributed by atoms with Gasteiger partial charge in [0.1, 0.15) is 5.82 Å². The van der Waals surface area contributed by atoms with Crippen molar-refractivity contribution in [2.45, 2.75) is 52.0 Å². The van der Waals surface area contributed by atoms with E-state index in [1.165, 1.54) is 11.4 Å². The summed E-state index contributed by atoms with van der Waals surface area (Å²) in [4.78, 5) is 24.0. The number of nitrogens with zero attached hydrogens (tertiary/aromatic N) is 5. The summed E-state index contributed by atoms with van der Waals surface area (Å²) in [6, 6.07) is 8.73. The zero-order valence-electron chi connectivity index (χ0n) is 20.6. The summed E-state index contributed by atoms with van der Waals surface area (Å²) in [6.45, 7) is 11.3. The Labute approximate surface area is 202 Å². The van der Waals surface area contributed by atoms with Crippen molar-refractivity contribution in [2.24, 2.45) is 0 Å². The topological polar surface area (TPSA) is 66.3 Å². The van der Waals surface area contributed by atoms with Crippen molar-refractivity contribution in [3.63, 3.8) is 0 Å². The normalized spacial score (nSPS) is 14.9. The van der Waals surface area contributed by atoms with Gasteiger partial charge in [0.2, 0.25) is 0 Å². The number of unbranched alkanes of at least 4 members (excludes halogenated alkanes) is 2. The van der Waals surface area contributed by atoms with Crippen LogP contribution in [0, 0.1) is 0 Å². The number of pyridine rings is 2. The van der Waals surface area contributed by atoms with Gasteiger partial charge < -0.3 is 15.2 Å². The van der Waals surface area contributed by atoms with Crippen molar-refractivity contribution >= 4 is 28.3 Å². The Morgan fingerprint density at radius 2 is 1.97 bits per heavy atom. The molecule has 7 nitrogen and oxygen atoms in total. The number of amides is 1. The minimum absolute atomic E-state index is 0.172. The smallest absolute Gasteiger partial charge is 0.251 e. The maximum Gasteiger partial charge on any atom is 0.251 e. The maximum atomic E-state index is 12.2. The fraction of sp³-hybridized carbons (Fsp3) is 0.444. The number of carbonyl (C=O) groups excluding carboxylic acids is 1. The van der Waals surface area contributed by atoms with Gasteiger partial charge in [0.25, 0.3) is 5.91 Å². The second-order valence-electron chi connectivity index (χ2n) is 8.87. The minimum Gasteiger partial charge on any atom is -0.355 e. The van der Waals surface area contributed by atoms with Gasteiger partial charge in [-0.25, -0.2) is 14.6 Å². The summed E-state index contributed by atoms with van der Waals surface area (Å²) in [5.41, 5.74) is 3.52. The first kappa shape index (κ1) is 23.8. The Kier molecular flexibility index (Phi) is 7.50. The Hall–Kier alpha value is -3.35. The predicted octanol–water partition coefficient (Wildman–Crippen LogP) is 4.16. The van der Waals surface area contributed by atoms with E-state index >= 15 is 0 Å². The highest BCUT2D eigenvalue weighted by atomic mass is 16.1. The third kappa shape index (κ3) is 4.65. The lowest BCUT2D eigenvalue weighted by atomic mass is 10.1. The van der Waals surface area contributed by atoms with Crippen molar-refractivity contribution in [2.75, 3.05) is 36.6 Å². The lowest BCUT2D eigenvalue weighted by Crippen LogP contribution is -2.35. The summed E-state index contributed by atoms with van der Waals surface area (Å²) in [7, 11) is 1.63. The zero-order chi connectivity index (χ0) is 24.1. The Bertz CT molecular complexity index is 1150. The van der Waals surface area contributed by atoms with Crippen molar-refractivity contribution in [3.05, 3.63) is 60.6 Å². The van der Waals surface area contributed by atoms with Crippen LogP contribution in [0.2, 0.25) is 0 Å². The third-order valence-electron chi connectivity index (χ3n) is 6.86. The Morgan fingerprint density at radius 1 is 1.18 bits per heavy atom. The highest BCUT2D eigenvalue weighted by molar-refractivity contribution is 6.21. The van der Waals surface area contributed by atoms with E-state index in [0.717, 1.165) is 68.3 Å². The number of fused-ring (bicyclic) bond motifs is 2. The van der Waals surface area contributed by atoms with Crippen LogP contribution in [0.3, 0.4) is 0 Å². The fourth-order valence-electron chi connectivity index (χ4n) is 4.98. The molecule has 1 N–H and O–H groups in total. The van der Waals surface area contributed by atoms with Gasteiger partial charge in [0, 0.05) is 67.8 Å². The molecule has 7 heteroatoms. The zero-order valence-corrected chi connectivity index (χ0v) is 20.6. The molecule has 0 aromatic carbocycles. The first-order valence-electron chi connectivity index (χ1n) is 12.4. The van der Waals surface area contributed by atoms with Gasteiger partial charge in [0.15, 0.2) is 5.65 Å². The average Bonchev–Trinajstić information content (AvgIpc) is 3.44. The molecule has 0 saturated carbocycles. The van der Waals surface area contributed by atoms with Crippen LogP contribution in [0.4, 0.5) is 5.82 Å². The molecular weight excluding hydrogens is 424 g/mol. The van der Waals surface area contributed by atoms with Crippen LogP contribution >= 0.6 is 0 Å². The molecule has 0 saturated heterocycles. The van der Waals surface area contributed by atoms with Gasteiger partial charge in [-0.15, -0.1) is 0 Å². The third-order valence-corrected chi connectivity index (χ3v) is 6.86. The molecule has 1 unspecified atom stereocenters. The van der Waals surface area contributed by atoms with Crippen LogP contribution in [0.15, 0.2) is 49.4 Å². The first-order valence-corrected chi connectivity index (χ1v) is 12.4. The molecule has 3 aromatic rings. The first-order chi connectivity index (χ1) is 16.6. The number of aromatic nitrogens is 3. The van der Waals surface area contributed by atoms with Crippen molar-refractivity contribution in [1.29, 1.82) is 0 Å². The molecule has 0 fully saturated rings. The molecule has 0 bridgehead atoms. The van der Waals surface area contributed by atoms with E-state index < -0.39 is 0 Å². The number of rotatable bonds is 11. The molecule has 34 heavy (non-hydrogen) atoms. The van der Waals surface area contributed by atoms with E-state index in [4.69, 9.17) is 0 Å². The molecule has 0 aliphatic carbocycles. The van der Waals surface area contributed by atoms with Gasteiger partial charge in [-0.1, -0.05) is 19.6 Å². The van der Waals surface area contributed by atoms with E-state index in [2.05, 4.69) is 56.4 Å². The highest BCUT2D eigenvalue weighted by Gasteiger charge is 2.28. The molecule has 180 valence electrons. The number of likely N-dealkylation sites (N-methyl/N-ethyl adjacent to an activating group) is 1. The summed E-state index contributed by atoms with van der Waals surface area (Å²) >= 11 is 0.